The van der Waals surface area contributed by atoms with Gasteiger partial charge in [-0.3, -0.25) is 0 Å². The van der Waals surface area contributed by atoms with Crippen LogP contribution in [-0.4, -0.2) is 26.1 Å². The third kappa shape index (κ3) is 2.72. The van der Waals surface area contributed by atoms with E-state index in [1.165, 1.54) is 4.68 Å². The number of carboxylic acids is 1. The Morgan fingerprint density at radius 3 is 2.79 bits per heavy atom. The highest BCUT2D eigenvalue weighted by atomic mass is 35.5. The van der Waals surface area contributed by atoms with Gasteiger partial charge in [0.2, 0.25) is 0 Å². The predicted molar refractivity (Wildman–Crippen MR) is 71.9 cm³/mol. The molecule has 1 aromatic heterocycles. The summed E-state index contributed by atoms with van der Waals surface area (Å²) < 4.78 is 1.53. The largest absolute Gasteiger partial charge is 0.476 e. The van der Waals surface area contributed by atoms with E-state index in [9.17, 15) is 4.79 Å². The minimum absolute atomic E-state index is 0.0272. The SMILES string of the molecule is CCc1c(C(=O)O)nnn1Cc1cccc(Cl)c1Cl. The van der Waals surface area contributed by atoms with Crippen LogP contribution in [0.3, 0.4) is 0 Å². The number of halogens is 2. The number of rotatable bonds is 4. The summed E-state index contributed by atoms with van der Waals surface area (Å²) in [5.74, 6) is -1.08. The summed E-state index contributed by atoms with van der Waals surface area (Å²) in [7, 11) is 0. The molecule has 19 heavy (non-hydrogen) atoms. The van der Waals surface area contributed by atoms with Crippen molar-refractivity contribution in [2.75, 3.05) is 0 Å². The van der Waals surface area contributed by atoms with Gasteiger partial charge in [0, 0.05) is 0 Å². The normalized spacial score (nSPS) is 10.7. The molecule has 0 bridgehead atoms. The zero-order chi connectivity index (χ0) is 14.0. The maximum absolute atomic E-state index is 11.0. The first-order valence-corrected chi connectivity index (χ1v) is 6.38. The van der Waals surface area contributed by atoms with Crippen LogP contribution >= 0.6 is 23.2 Å². The molecule has 1 N–H and O–H groups in total. The monoisotopic (exact) mass is 299 g/mol. The predicted octanol–water partition coefficient (Wildman–Crippen LogP) is 2.89. The Labute approximate surface area is 119 Å². The first-order valence-electron chi connectivity index (χ1n) is 5.63. The van der Waals surface area contributed by atoms with Gasteiger partial charge in [-0.25, -0.2) is 9.48 Å². The van der Waals surface area contributed by atoms with E-state index in [2.05, 4.69) is 10.3 Å². The average molecular weight is 300 g/mol. The van der Waals surface area contributed by atoms with E-state index in [1.807, 2.05) is 13.0 Å². The third-order valence-electron chi connectivity index (χ3n) is 2.73. The van der Waals surface area contributed by atoms with Crippen LogP contribution in [0.1, 0.15) is 28.7 Å². The fraction of sp³-hybridized carbons (Fsp3) is 0.250. The van der Waals surface area contributed by atoms with Crippen LogP contribution in [0, 0.1) is 0 Å². The Morgan fingerprint density at radius 1 is 1.42 bits per heavy atom. The van der Waals surface area contributed by atoms with Crippen LogP contribution in [0.5, 0.6) is 0 Å². The van der Waals surface area contributed by atoms with Gasteiger partial charge in [0.15, 0.2) is 5.69 Å². The summed E-state index contributed by atoms with van der Waals surface area (Å²) in [4.78, 5) is 11.0. The molecule has 0 aliphatic carbocycles. The summed E-state index contributed by atoms with van der Waals surface area (Å²) >= 11 is 12.0. The van der Waals surface area contributed by atoms with Crippen LogP contribution in [0.2, 0.25) is 10.0 Å². The van der Waals surface area contributed by atoms with E-state index in [4.69, 9.17) is 28.3 Å². The van der Waals surface area contributed by atoms with Crippen molar-refractivity contribution in [1.29, 1.82) is 0 Å². The number of carbonyl (C=O) groups is 1. The highest BCUT2D eigenvalue weighted by Crippen LogP contribution is 2.26. The van der Waals surface area contributed by atoms with E-state index >= 15 is 0 Å². The molecule has 2 aromatic rings. The van der Waals surface area contributed by atoms with E-state index in [0.29, 0.717) is 28.7 Å². The maximum Gasteiger partial charge on any atom is 0.358 e. The summed E-state index contributed by atoms with van der Waals surface area (Å²) in [6, 6.07) is 5.29. The lowest BCUT2D eigenvalue weighted by Crippen LogP contribution is -2.09. The fourth-order valence-electron chi connectivity index (χ4n) is 1.81. The molecule has 7 heteroatoms. The maximum atomic E-state index is 11.0. The molecule has 0 radical (unpaired) electrons. The summed E-state index contributed by atoms with van der Waals surface area (Å²) in [5.41, 5.74) is 1.30. The molecule has 0 saturated carbocycles. The summed E-state index contributed by atoms with van der Waals surface area (Å²) in [6.45, 7) is 2.18. The van der Waals surface area contributed by atoms with Crippen molar-refractivity contribution in [2.45, 2.75) is 19.9 Å². The molecule has 0 unspecified atom stereocenters. The van der Waals surface area contributed by atoms with E-state index < -0.39 is 5.97 Å². The molecule has 0 aliphatic rings. The number of aromatic nitrogens is 3. The van der Waals surface area contributed by atoms with Gasteiger partial charge in [-0.1, -0.05) is 47.5 Å². The lowest BCUT2D eigenvalue weighted by Gasteiger charge is -2.08. The molecular formula is C12H11Cl2N3O2. The topological polar surface area (TPSA) is 68.0 Å². The fourth-order valence-corrected chi connectivity index (χ4v) is 2.19. The molecule has 0 atom stereocenters. The summed E-state index contributed by atoms with van der Waals surface area (Å²) in [6.07, 6.45) is 0.521. The van der Waals surface area contributed by atoms with E-state index in [0.717, 1.165) is 5.56 Å². The minimum Gasteiger partial charge on any atom is -0.476 e. The van der Waals surface area contributed by atoms with Crippen molar-refractivity contribution in [1.82, 2.24) is 15.0 Å². The zero-order valence-corrected chi connectivity index (χ0v) is 11.6. The minimum atomic E-state index is -1.08. The molecule has 2 rings (SSSR count). The van der Waals surface area contributed by atoms with E-state index in [-0.39, 0.29) is 5.69 Å². The van der Waals surface area contributed by atoms with Gasteiger partial charge in [-0.05, 0) is 18.1 Å². The quantitative estimate of drug-likeness (QED) is 0.942. The van der Waals surface area contributed by atoms with Crippen LogP contribution in [0.25, 0.3) is 0 Å². The molecule has 0 fully saturated rings. The number of nitrogens with zero attached hydrogens (tertiary/aromatic N) is 3. The second kappa shape index (κ2) is 5.59. The summed E-state index contributed by atoms with van der Waals surface area (Å²) in [5, 5.41) is 17.4. The Bertz CT molecular complexity index is 625. The molecule has 1 heterocycles. The second-order valence-corrected chi connectivity index (χ2v) is 4.70. The average Bonchev–Trinajstić information content (AvgIpc) is 2.78. The molecule has 100 valence electrons. The Kier molecular flexibility index (Phi) is 4.07. The van der Waals surface area contributed by atoms with Crippen molar-refractivity contribution in [3.63, 3.8) is 0 Å². The molecule has 5 nitrogen and oxygen atoms in total. The molecular weight excluding hydrogens is 289 g/mol. The van der Waals surface area contributed by atoms with Crippen molar-refractivity contribution in [3.8, 4) is 0 Å². The van der Waals surface area contributed by atoms with Crippen molar-refractivity contribution >= 4 is 29.2 Å². The number of hydrogen-bond donors (Lipinski definition) is 1. The van der Waals surface area contributed by atoms with Crippen molar-refractivity contribution < 1.29 is 9.90 Å². The Hall–Kier alpha value is -1.59. The highest BCUT2D eigenvalue weighted by molar-refractivity contribution is 6.42. The van der Waals surface area contributed by atoms with Gasteiger partial charge in [0.25, 0.3) is 0 Å². The number of aromatic carboxylic acids is 1. The molecule has 0 saturated heterocycles. The van der Waals surface area contributed by atoms with Gasteiger partial charge >= 0.3 is 5.97 Å². The van der Waals surface area contributed by atoms with Crippen LogP contribution < -0.4 is 0 Å². The third-order valence-corrected chi connectivity index (χ3v) is 3.58. The Morgan fingerprint density at radius 2 is 2.16 bits per heavy atom. The Balaban J connectivity index is 2.39. The smallest absolute Gasteiger partial charge is 0.358 e. The van der Waals surface area contributed by atoms with Gasteiger partial charge in [0.1, 0.15) is 0 Å². The molecule has 0 spiro atoms. The zero-order valence-electron chi connectivity index (χ0n) is 10.1. The van der Waals surface area contributed by atoms with Gasteiger partial charge in [-0.15, -0.1) is 5.10 Å². The van der Waals surface area contributed by atoms with Crippen molar-refractivity contribution in [3.05, 3.63) is 45.2 Å². The van der Waals surface area contributed by atoms with Gasteiger partial charge in [0.05, 0.1) is 22.3 Å². The second-order valence-electron chi connectivity index (χ2n) is 3.91. The van der Waals surface area contributed by atoms with Gasteiger partial charge < -0.3 is 5.11 Å². The van der Waals surface area contributed by atoms with E-state index in [1.54, 1.807) is 12.1 Å². The number of hydrogen-bond acceptors (Lipinski definition) is 3. The number of benzene rings is 1. The van der Waals surface area contributed by atoms with Crippen LogP contribution in [0.15, 0.2) is 18.2 Å². The lowest BCUT2D eigenvalue weighted by molar-refractivity contribution is 0.0689. The van der Waals surface area contributed by atoms with Gasteiger partial charge in [-0.2, -0.15) is 0 Å². The first kappa shape index (κ1) is 13.8. The highest BCUT2D eigenvalue weighted by Gasteiger charge is 2.18. The first-order chi connectivity index (χ1) is 9.04. The molecule has 1 aromatic carbocycles. The number of carboxylic acid groups (broad SMARTS) is 1. The lowest BCUT2D eigenvalue weighted by atomic mass is 10.2. The molecule has 0 amide bonds. The van der Waals surface area contributed by atoms with Crippen LogP contribution in [0.4, 0.5) is 0 Å². The molecule has 0 aliphatic heterocycles. The van der Waals surface area contributed by atoms with Crippen molar-refractivity contribution in [2.24, 2.45) is 0 Å². The van der Waals surface area contributed by atoms with Crippen LogP contribution in [-0.2, 0) is 13.0 Å². The standard InChI is InChI=1S/C12H11Cl2N3O2/c1-2-9-11(12(18)19)15-16-17(9)6-7-4-3-5-8(13)10(7)14/h3-5H,2,6H2,1H3,(H,18,19).